The summed E-state index contributed by atoms with van der Waals surface area (Å²) < 4.78 is 1.05. The molecule has 1 heterocycles. The van der Waals surface area contributed by atoms with E-state index in [4.69, 9.17) is 11.6 Å². The zero-order valence-electron chi connectivity index (χ0n) is 11.7. The van der Waals surface area contributed by atoms with Crippen LogP contribution in [0.15, 0.2) is 48.5 Å². The van der Waals surface area contributed by atoms with Gasteiger partial charge in [0.25, 0.3) is 0 Å². The van der Waals surface area contributed by atoms with Gasteiger partial charge in [0, 0.05) is 11.6 Å². The van der Waals surface area contributed by atoms with Crippen molar-refractivity contribution in [3.05, 3.63) is 59.1 Å². The number of aromatic nitrogens is 1. The Labute approximate surface area is 137 Å². The molecule has 0 fully saturated rings. The molecule has 0 radical (unpaired) electrons. The molecule has 2 aromatic carbocycles. The van der Waals surface area contributed by atoms with Gasteiger partial charge in [-0.1, -0.05) is 47.2 Å². The summed E-state index contributed by atoms with van der Waals surface area (Å²) in [5.74, 6) is 0. The first-order valence-corrected chi connectivity index (χ1v) is 8.05. The molecule has 0 spiro atoms. The van der Waals surface area contributed by atoms with Gasteiger partial charge in [-0.2, -0.15) is 0 Å². The van der Waals surface area contributed by atoms with Gasteiger partial charge in [0.1, 0.15) is 0 Å². The van der Waals surface area contributed by atoms with E-state index < -0.39 is 0 Å². The van der Waals surface area contributed by atoms with Crippen molar-refractivity contribution in [2.75, 3.05) is 11.9 Å². The number of urea groups is 1. The summed E-state index contributed by atoms with van der Waals surface area (Å²) in [4.78, 5) is 16.2. The van der Waals surface area contributed by atoms with Crippen molar-refractivity contribution in [3.8, 4) is 0 Å². The number of rotatable bonds is 4. The molecule has 2 N–H and O–H groups in total. The summed E-state index contributed by atoms with van der Waals surface area (Å²) in [6, 6.07) is 15.2. The minimum atomic E-state index is -0.249. The molecule has 0 saturated carbocycles. The van der Waals surface area contributed by atoms with Gasteiger partial charge in [0.05, 0.1) is 10.2 Å². The molecule has 0 saturated heterocycles. The number of thiazole rings is 1. The number of carbonyl (C=O) groups is 1. The van der Waals surface area contributed by atoms with Crippen LogP contribution in [0.4, 0.5) is 9.93 Å². The number of para-hydroxylation sites is 1. The average Bonchev–Trinajstić information content (AvgIpc) is 2.89. The number of hydrogen-bond donors (Lipinski definition) is 2. The van der Waals surface area contributed by atoms with Crippen LogP contribution in [-0.2, 0) is 6.42 Å². The summed E-state index contributed by atoms with van der Waals surface area (Å²) in [5, 5.41) is 6.88. The van der Waals surface area contributed by atoms with Crippen molar-refractivity contribution in [3.63, 3.8) is 0 Å². The second-order valence-electron chi connectivity index (χ2n) is 4.75. The number of fused-ring (bicyclic) bond motifs is 1. The van der Waals surface area contributed by atoms with E-state index in [0.717, 1.165) is 22.2 Å². The lowest BCUT2D eigenvalue weighted by Gasteiger charge is -2.05. The van der Waals surface area contributed by atoms with Gasteiger partial charge in [0.2, 0.25) is 0 Å². The van der Waals surface area contributed by atoms with Crippen LogP contribution in [-0.4, -0.2) is 17.6 Å². The number of anilines is 1. The normalized spacial score (nSPS) is 10.6. The molecule has 0 aliphatic rings. The van der Waals surface area contributed by atoms with Crippen molar-refractivity contribution >= 4 is 44.3 Å². The smallest absolute Gasteiger partial charge is 0.321 e. The van der Waals surface area contributed by atoms with E-state index >= 15 is 0 Å². The molecule has 2 amide bonds. The van der Waals surface area contributed by atoms with E-state index in [2.05, 4.69) is 15.6 Å². The molecule has 0 unspecified atom stereocenters. The van der Waals surface area contributed by atoms with Gasteiger partial charge in [-0.15, -0.1) is 0 Å². The number of hydrogen-bond acceptors (Lipinski definition) is 3. The largest absolute Gasteiger partial charge is 0.337 e. The van der Waals surface area contributed by atoms with Crippen molar-refractivity contribution in [1.29, 1.82) is 0 Å². The Morgan fingerprint density at radius 2 is 2.05 bits per heavy atom. The molecule has 112 valence electrons. The highest BCUT2D eigenvalue weighted by atomic mass is 35.5. The second kappa shape index (κ2) is 6.77. The van der Waals surface area contributed by atoms with Gasteiger partial charge in [-0.05, 0) is 36.2 Å². The van der Waals surface area contributed by atoms with Gasteiger partial charge >= 0.3 is 6.03 Å². The number of amides is 2. The van der Waals surface area contributed by atoms with Crippen LogP contribution in [0.5, 0.6) is 0 Å². The monoisotopic (exact) mass is 331 g/mol. The Bertz CT molecular complexity index is 770. The molecule has 6 heteroatoms. The Morgan fingerprint density at radius 3 is 2.86 bits per heavy atom. The van der Waals surface area contributed by atoms with Crippen LogP contribution < -0.4 is 10.6 Å². The third-order valence-corrected chi connectivity index (χ3v) is 4.29. The summed E-state index contributed by atoms with van der Waals surface area (Å²) in [6.45, 7) is 0.539. The van der Waals surface area contributed by atoms with E-state index in [1.165, 1.54) is 11.3 Å². The molecule has 0 atom stereocenters. The van der Waals surface area contributed by atoms with Crippen LogP contribution in [0, 0.1) is 0 Å². The average molecular weight is 332 g/mol. The topological polar surface area (TPSA) is 54.0 Å². The predicted molar refractivity (Wildman–Crippen MR) is 91.8 cm³/mol. The third-order valence-electron chi connectivity index (χ3n) is 3.10. The number of nitrogens with zero attached hydrogens (tertiary/aromatic N) is 1. The first-order chi connectivity index (χ1) is 10.7. The van der Waals surface area contributed by atoms with Gasteiger partial charge in [-0.25, -0.2) is 9.78 Å². The Balaban J connectivity index is 1.52. The maximum Gasteiger partial charge on any atom is 0.321 e. The Morgan fingerprint density at radius 1 is 1.18 bits per heavy atom. The summed E-state index contributed by atoms with van der Waals surface area (Å²) >= 11 is 7.38. The minimum Gasteiger partial charge on any atom is -0.337 e. The van der Waals surface area contributed by atoms with Crippen LogP contribution in [0.3, 0.4) is 0 Å². The lowest BCUT2D eigenvalue weighted by atomic mass is 10.1. The fourth-order valence-corrected chi connectivity index (χ4v) is 3.15. The number of nitrogens with one attached hydrogen (secondary N) is 2. The lowest BCUT2D eigenvalue weighted by Crippen LogP contribution is -2.30. The van der Waals surface area contributed by atoms with Crippen LogP contribution in [0.25, 0.3) is 10.2 Å². The van der Waals surface area contributed by atoms with E-state index in [0.29, 0.717) is 16.7 Å². The maximum atomic E-state index is 11.9. The molecule has 3 aromatic rings. The van der Waals surface area contributed by atoms with Gasteiger partial charge < -0.3 is 5.32 Å². The van der Waals surface area contributed by atoms with E-state index in [1.54, 1.807) is 0 Å². The lowest BCUT2D eigenvalue weighted by molar-refractivity contribution is 0.252. The first-order valence-electron chi connectivity index (χ1n) is 6.85. The molecular weight excluding hydrogens is 318 g/mol. The molecular formula is C16H14ClN3OS. The van der Waals surface area contributed by atoms with Gasteiger partial charge in [-0.3, -0.25) is 5.32 Å². The van der Waals surface area contributed by atoms with Gasteiger partial charge in [0.15, 0.2) is 5.13 Å². The van der Waals surface area contributed by atoms with E-state index in [-0.39, 0.29) is 6.03 Å². The molecule has 1 aromatic heterocycles. The summed E-state index contributed by atoms with van der Waals surface area (Å²) in [5.41, 5.74) is 1.98. The number of halogens is 1. The van der Waals surface area contributed by atoms with Crippen LogP contribution >= 0.6 is 22.9 Å². The van der Waals surface area contributed by atoms with Crippen molar-refractivity contribution in [2.45, 2.75) is 6.42 Å². The number of benzene rings is 2. The Hall–Kier alpha value is -2.11. The molecule has 4 nitrogen and oxygen atoms in total. The van der Waals surface area contributed by atoms with Crippen molar-refractivity contribution in [1.82, 2.24) is 10.3 Å². The minimum absolute atomic E-state index is 0.249. The van der Waals surface area contributed by atoms with E-state index in [9.17, 15) is 4.79 Å². The van der Waals surface area contributed by atoms with Crippen molar-refractivity contribution < 1.29 is 4.79 Å². The standard InChI is InChI=1S/C16H14ClN3OS/c17-12-5-3-4-11(10-12)8-9-18-15(21)20-16-19-13-6-1-2-7-14(13)22-16/h1-7,10H,8-9H2,(H2,18,19,20,21). The zero-order chi connectivity index (χ0) is 15.4. The van der Waals surface area contributed by atoms with Crippen molar-refractivity contribution in [2.24, 2.45) is 0 Å². The molecule has 0 aliphatic carbocycles. The number of carbonyl (C=O) groups excluding carboxylic acids is 1. The van der Waals surface area contributed by atoms with E-state index in [1.807, 2.05) is 48.5 Å². The highest BCUT2D eigenvalue weighted by molar-refractivity contribution is 7.22. The summed E-state index contributed by atoms with van der Waals surface area (Å²) in [6.07, 6.45) is 0.730. The highest BCUT2D eigenvalue weighted by Crippen LogP contribution is 2.25. The third kappa shape index (κ3) is 3.75. The quantitative estimate of drug-likeness (QED) is 0.748. The highest BCUT2D eigenvalue weighted by Gasteiger charge is 2.06. The predicted octanol–water partition coefficient (Wildman–Crippen LogP) is 4.31. The Kier molecular flexibility index (Phi) is 4.56. The second-order valence-corrected chi connectivity index (χ2v) is 6.21. The fourth-order valence-electron chi connectivity index (χ4n) is 2.08. The molecule has 3 rings (SSSR count). The summed E-state index contributed by atoms with van der Waals surface area (Å²) in [7, 11) is 0. The van der Waals surface area contributed by atoms with Crippen LogP contribution in [0.2, 0.25) is 5.02 Å². The molecule has 0 aliphatic heterocycles. The van der Waals surface area contributed by atoms with Crippen LogP contribution in [0.1, 0.15) is 5.56 Å². The molecule has 0 bridgehead atoms. The first kappa shape index (κ1) is 14.8. The zero-order valence-corrected chi connectivity index (χ0v) is 13.2. The SMILES string of the molecule is O=C(NCCc1cccc(Cl)c1)Nc1nc2ccccc2s1. The molecule has 22 heavy (non-hydrogen) atoms. The fraction of sp³-hybridized carbons (Fsp3) is 0.125. The maximum absolute atomic E-state index is 11.9.